The number of aryl methyl sites for hydroxylation is 1. The second-order valence-electron chi connectivity index (χ2n) is 4.86. The van der Waals surface area contributed by atoms with Crippen LogP contribution in [0.25, 0.3) is 0 Å². The Labute approximate surface area is 114 Å². The van der Waals surface area contributed by atoms with Crippen molar-refractivity contribution in [3.8, 4) is 5.75 Å². The molecule has 1 aromatic carbocycles. The van der Waals surface area contributed by atoms with E-state index in [1.165, 1.54) is 11.1 Å². The molecule has 0 atom stereocenters. The fraction of sp³-hybridized carbons (Fsp3) is 0.312. The van der Waals surface area contributed by atoms with Crippen molar-refractivity contribution in [3.05, 3.63) is 53.9 Å². The van der Waals surface area contributed by atoms with Crippen LogP contribution in [0.4, 0.5) is 5.69 Å². The maximum atomic E-state index is 5.69. The third-order valence-corrected chi connectivity index (χ3v) is 2.79. The van der Waals surface area contributed by atoms with Gasteiger partial charge in [-0.25, -0.2) is 0 Å². The van der Waals surface area contributed by atoms with Gasteiger partial charge < -0.3 is 10.1 Å². The molecule has 2 aromatic rings. The first-order chi connectivity index (χ1) is 9.15. The van der Waals surface area contributed by atoms with E-state index in [2.05, 4.69) is 29.4 Å². The molecule has 1 aromatic heterocycles. The molecule has 1 heterocycles. The summed E-state index contributed by atoms with van der Waals surface area (Å²) in [4.78, 5) is 4.13. The van der Waals surface area contributed by atoms with Gasteiger partial charge >= 0.3 is 0 Å². The first-order valence-corrected chi connectivity index (χ1v) is 6.55. The van der Waals surface area contributed by atoms with Gasteiger partial charge in [0.2, 0.25) is 0 Å². The molecule has 19 heavy (non-hydrogen) atoms. The van der Waals surface area contributed by atoms with Gasteiger partial charge in [-0.3, -0.25) is 4.98 Å². The smallest absolute Gasteiger partial charge is 0.120 e. The monoisotopic (exact) mass is 256 g/mol. The number of hydrogen-bond acceptors (Lipinski definition) is 3. The van der Waals surface area contributed by atoms with Gasteiger partial charge in [0, 0.05) is 12.7 Å². The summed E-state index contributed by atoms with van der Waals surface area (Å²) in [5.74, 6) is 0.914. The molecule has 0 fully saturated rings. The average Bonchev–Trinajstić information content (AvgIpc) is 2.37. The number of nitrogens with one attached hydrogen (secondary N) is 1. The van der Waals surface area contributed by atoms with Gasteiger partial charge in [0.25, 0.3) is 0 Å². The van der Waals surface area contributed by atoms with Gasteiger partial charge in [-0.2, -0.15) is 0 Å². The zero-order valence-electron chi connectivity index (χ0n) is 11.7. The molecule has 1 N–H and O–H groups in total. The van der Waals surface area contributed by atoms with E-state index in [4.69, 9.17) is 4.74 Å². The third kappa shape index (κ3) is 3.98. The summed E-state index contributed by atoms with van der Waals surface area (Å²) in [6.07, 6.45) is 3.85. The molecule has 3 heteroatoms. The van der Waals surface area contributed by atoms with Crippen LogP contribution >= 0.6 is 0 Å². The van der Waals surface area contributed by atoms with Crippen molar-refractivity contribution in [1.82, 2.24) is 4.98 Å². The van der Waals surface area contributed by atoms with Gasteiger partial charge in [0.15, 0.2) is 0 Å². The highest BCUT2D eigenvalue weighted by atomic mass is 16.5. The van der Waals surface area contributed by atoms with E-state index in [9.17, 15) is 0 Å². The lowest BCUT2D eigenvalue weighted by atomic mass is 10.2. The Morgan fingerprint density at radius 2 is 2.11 bits per heavy atom. The number of ether oxygens (including phenoxy) is 1. The van der Waals surface area contributed by atoms with Crippen LogP contribution in [0.1, 0.15) is 25.0 Å². The summed E-state index contributed by atoms with van der Waals surface area (Å²) in [5, 5.41) is 3.39. The van der Waals surface area contributed by atoms with Crippen LogP contribution in [0, 0.1) is 6.92 Å². The summed E-state index contributed by atoms with van der Waals surface area (Å²) in [5.41, 5.74) is 3.46. The van der Waals surface area contributed by atoms with Crippen LogP contribution in [0.2, 0.25) is 0 Å². The molecule has 100 valence electrons. The second-order valence-corrected chi connectivity index (χ2v) is 4.86. The topological polar surface area (TPSA) is 34.2 Å². The Morgan fingerprint density at radius 3 is 2.84 bits per heavy atom. The Bertz CT molecular complexity index is 538. The van der Waals surface area contributed by atoms with E-state index in [0.717, 1.165) is 18.0 Å². The Balaban J connectivity index is 2.02. The minimum atomic E-state index is 0.198. The van der Waals surface area contributed by atoms with Crippen LogP contribution in [-0.4, -0.2) is 11.1 Å². The van der Waals surface area contributed by atoms with Crippen molar-refractivity contribution < 1.29 is 4.74 Å². The summed E-state index contributed by atoms with van der Waals surface area (Å²) in [6, 6.07) is 10.2. The van der Waals surface area contributed by atoms with Gasteiger partial charge in [0.1, 0.15) is 5.75 Å². The highest BCUT2D eigenvalue weighted by Gasteiger charge is 2.01. The van der Waals surface area contributed by atoms with Crippen molar-refractivity contribution in [2.45, 2.75) is 33.4 Å². The SMILES string of the molecule is Cc1ccncc1NCc1cccc(OC(C)C)c1. The molecule has 2 rings (SSSR count). The predicted octanol–water partition coefficient (Wildman–Crippen LogP) is 3.79. The molecule has 0 aliphatic carbocycles. The van der Waals surface area contributed by atoms with Crippen LogP contribution in [-0.2, 0) is 6.54 Å². The van der Waals surface area contributed by atoms with E-state index < -0.39 is 0 Å². The van der Waals surface area contributed by atoms with Crippen molar-refractivity contribution in [1.29, 1.82) is 0 Å². The van der Waals surface area contributed by atoms with Crippen LogP contribution < -0.4 is 10.1 Å². The average molecular weight is 256 g/mol. The fourth-order valence-electron chi connectivity index (χ4n) is 1.85. The van der Waals surface area contributed by atoms with Crippen LogP contribution in [0.15, 0.2) is 42.7 Å². The number of benzene rings is 1. The van der Waals surface area contributed by atoms with Crippen molar-refractivity contribution in [2.75, 3.05) is 5.32 Å². The van der Waals surface area contributed by atoms with Crippen molar-refractivity contribution in [2.24, 2.45) is 0 Å². The molecular weight excluding hydrogens is 236 g/mol. The molecular formula is C16H20N2O. The van der Waals surface area contributed by atoms with E-state index >= 15 is 0 Å². The van der Waals surface area contributed by atoms with E-state index in [1.54, 1.807) is 6.20 Å². The number of anilines is 1. The Hall–Kier alpha value is -2.03. The molecule has 0 aliphatic rings. The third-order valence-electron chi connectivity index (χ3n) is 2.79. The molecule has 0 saturated heterocycles. The summed E-state index contributed by atoms with van der Waals surface area (Å²) < 4.78 is 5.69. The van der Waals surface area contributed by atoms with Crippen molar-refractivity contribution >= 4 is 5.69 Å². The van der Waals surface area contributed by atoms with Gasteiger partial charge in [0.05, 0.1) is 18.0 Å². The van der Waals surface area contributed by atoms with Crippen LogP contribution in [0.5, 0.6) is 5.75 Å². The summed E-state index contributed by atoms with van der Waals surface area (Å²) in [6.45, 7) is 6.90. The molecule has 0 aliphatic heterocycles. The molecule has 3 nitrogen and oxygen atoms in total. The highest BCUT2D eigenvalue weighted by Crippen LogP contribution is 2.17. The number of pyridine rings is 1. The van der Waals surface area contributed by atoms with Crippen LogP contribution in [0.3, 0.4) is 0 Å². The minimum Gasteiger partial charge on any atom is -0.491 e. The Kier molecular flexibility index (Phi) is 4.39. The number of nitrogens with zero attached hydrogens (tertiary/aromatic N) is 1. The standard InChI is InChI=1S/C16H20N2O/c1-12(2)19-15-6-4-5-14(9-15)10-18-16-11-17-8-7-13(16)3/h4-9,11-12,18H,10H2,1-3H3. The van der Waals surface area contributed by atoms with Gasteiger partial charge in [-0.15, -0.1) is 0 Å². The normalized spacial score (nSPS) is 10.5. The fourth-order valence-corrected chi connectivity index (χ4v) is 1.85. The minimum absolute atomic E-state index is 0.198. The zero-order valence-corrected chi connectivity index (χ0v) is 11.7. The summed E-state index contributed by atoms with van der Waals surface area (Å²) in [7, 11) is 0. The molecule has 0 amide bonds. The summed E-state index contributed by atoms with van der Waals surface area (Å²) >= 11 is 0. The van der Waals surface area contributed by atoms with E-state index in [0.29, 0.717) is 0 Å². The predicted molar refractivity (Wildman–Crippen MR) is 78.5 cm³/mol. The lowest BCUT2D eigenvalue weighted by Crippen LogP contribution is -2.06. The lowest BCUT2D eigenvalue weighted by Gasteiger charge is -2.12. The van der Waals surface area contributed by atoms with Gasteiger partial charge in [-0.05, 0) is 50.1 Å². The molecule has 0 unspecified atom stereocenters. The second kappa shape index (κ2) is 6.23. The molecule has 0 spiro atoms. The number of hydrogen-bond donors (Lipinski definition) is 1. The first kappa shape index (κ1) is 13.4. The first-order valence-electron chi connectivity index (χ1n) is 6.55. The van der Waals surface area contributed by atoms with Crippen molar-refractivity contribution in [3.63, 3.8) is 0 Å². The largest absolute Gasteiger partial charge is 0.491 e. The molecule has 0 radical (unpaired) electrons. The maximum Gasteiger partial charge on any atom is 0.120 e. The lowest BCUT2D eigenvalue weighted by molar-refractivity contribution is 0.242. The highest BCUT2D eigenvalue weighted by molar-refractivity contribution is 5.48. The Morgan fingerprint density at radius 1 is 1.26 bits per heavy atom. The number of rotatable bonds is 5. The zero-order chi connectivity index (χ0) is 13.7. The van der Waals surface area contributed by atoms with E-state index in [-0.39, 0.29) is 6.10 Å². The molecule has 0 bridgehead atoms. The number of aromatic nitrogens is 1. The molecule has 0 saturated carbocycles. The quantitative estimate of drug-likeness (QED) is 0.883. The van der Waals surface area contributed by atoms with Gasteiger partial charge in [-0.1, -0.05) is 12.1 Å². The van der Waals surface area contributed by atoms with E-state index in [1.807, 2.05) is 38.2 Å². The maximum absolute atomic E-state index is 5.69.